The first-order chi connectivity index (χ1) is 9.49. The molecule has 5 nitrogen and oxygen atoms in total. The Hall–Kier alpha value is -2.09. The number of benzene rings is 1. The van der Waals surface area contributed by atoms with Gasteiger partial charge in [-0.2, -0.15) is 13.2 Å². The number of nitrogens with one attached hydrogen (secondary N) is 1. The van der Waals surface area contributed by atoms with Gasteiger partial charge in [0, 0.05) is 0 Å². The minimum absolute atomic E-state index is 0.236. The molecule has 0 aliphatic heterocycles. The second-order valence-corrected chi connectivity index (χ2v) is 4.79. The molecule has 0 saturated carbocycles. The maximum Gasteiger partial charge on any atom is 0.416 e. The van der Waals surface area contributed by atoms with E-state index in [0.717, 1.165) is 6.07 Å². The van der Waals surface area contributed by atoms with E-state index in [-0.39, 0.29) is 6.42 Å². The van der Waals surface area contributed by atoms with Crippen molar-refractivity contribution in [3.63, 3.8) is 0 Å². The third-order valence-corrected chi connectivity index (χ3v) is 3.08. The fourth-order valence-electron chi connectivity index (χ4n) is 1.44. The lowest BCUT2D eigenvalue weighted by Crippen LogP contribution is -2.48. The van der Waals surface area contributed by atoms with E-state index in [1.165, 1.54) is 6.92 Å². The van der Waals surface area contributed by atoms with Gasteiger partial charge in [-0.1, -0.05) is 6.92 Å². The number of anilines is 1. The van der Waals surface area contributed by atoms with Crippen molar-refractivity contribution in [1.29, 1.82) is 0 Å². The van der Waals surface area contributed by atoms with Gasteiger partial charge in [-0.05, 0) is 31.5 Å². The molecule has 0 radical (unpaired) electrons. The molecule has 1 aromatic rings. The molecule has 0 saturated heterocycles. The van der Waals surface area contributed by atoms with Crippen molar-refractivity contribution in [3.05, 3.63) is 29.3 Å². The summed E-state index contributed by atoms with van der Waals surface area (Å²) in [5, 5.41) is 11.1. The molecule has 1 rings (SSSR count). The maximum absolute atomic E-state index is 12.7. The molecule has 0 heterocycles. The molecular formula is C13H15F3N2O3. The number of carbonyl (C=O) groups excluding carboxylic acids is 1. The lowest BCUT2D eigenvalue weighted by atomic mass is 9.99. The molecule has 0 aliphatic rings. The van der Waals surface area contributed by atoms with Crippen LogP contribution in [0.3, 0.4) is 0 Å². The Morgan fingerprint density at radius 3 is 2.33 bits per heavy atom. The van der Waals surface area contributed by atoms with Crippen molar-refractivity contribution < 1.29 is 27.9 Å². The highest BCUT2D eigenvalue weighted by Gasteiger charge is 2.33. The summed E-state index contributed by atoms with van der Waals surface area (Å²) in [5.41, 5.74) is 2.42. The van der Waals surface area contributed by atoms with Crippen molar-refractivity contribution in [2.45, 2.75) is 32.0 Å². The number of carbonyl (C=O) groups is 2. The first kappa shape index (κ1) is 17.0. The topological polar surface area (TPSA) is 92.4 Å². The van der Waals surface area contributed by atoms with Crippen molar-refractivity contribution in [2.24, 2.45) is 5.73 Å². The van der Waals surface area contributed by atoms with Gasteiger partial charge in [-0.15, -0.1) is 0 Å². The van der Waals surface area contributed by atoms with Gasteiger partial charge in [0.2, 0.25) is 5.91 Å². The van der Waals surface area contributed by atoms with Gasteiger partial charge < -0.3 is 16.2 Å². The Kier molecular flexibility index (Phi) is 4.62. The van der Waals surface area contributed by atoms with Crippen LogP contribution in [0, 0.1) is 0 Å². The number of halogens is 3. The van der Waals surface area contributed by atoms with Gasteiger partial charge in [0.25, 0.3) is 0 Å². The van der Waals surface area contributed by atoms with Crippen molar-refractivity contribution in [1.82, 2.24) is 0 Å². The predicted molar refractivity (Wildman–Crippen MR) is 69.9 cm³/mol. The molecule has 0 aliphatic carbocycles. The van der Waals surface area contributed by atoms with Gasteiger partial charge in [0.1, 0.15) is 0 Å². The van der Waals surface area contributed by atoms with Crippen LogP contribution in [0.4, 0.5) is 18.9 Å². The first-order valence-electron chi connectivity index (χ1n) is 6.04. The Balaban J connectivity index is 3.25. The van der Waals surface area contributed by atoms with E-state index in [2.05, 4.69) is 5.32 Å². The van der Waals surface area contributed by atoms with E-state index in [4.69, 9.17) is 10.8 Å². The zero-order chi connectivity index (χ0) is 16.4. The van der Waals surface area contributed by atoms with Gasteiger partial charge in [0.15, 0.2) is 0 Å². The highest BCUT2D eigenvalue weighted by Crippen LogP contribution is 2.32. The highest BCUT2D eigenvalue weighted by molar-refractivity contribution is 6.03. The number of carboxylic acid groups (broad SMARTS) is 1. The largest absolute Gasteiger partial charge is 0.478 e. The average Bonchev–Trinajstić information content (AvgIpc) is 2.37. The average molecular weight is 304 g/mol. The van der Waals surface area contributed by atoms with Crippen LogP contribution >= 0.6 is 0 Å². The summed E-state index contributed by atoms with van der Waals surface area (Å²) in [6.07, 6.45) is -4.41. The Morgan fingerprint density at radius 1 is 1.33 bits per heavy atom. The lowest BCUT2D eigenvalue weighted by molar-refractivity contribution is -0.137. The van der Waals surface area contributed by atoms with Crippen molar-refractivity contribution >= 4 is 17.6 Å². The molecular weight excluding hydrogens is 289 g/mol. The van der Waals surface area contributed by atoms with Crippen LogP contribution in [0.1, 0.15) is 36.2 Å². The lowest BCUT2D eigenvalue weighted by Gasteiger charge is -2.22. The smallest absolute Gasteiger partial charge is 0.416 e. The van der Waals surface area contributed by atoms with Gasteiger partial charge >= 0.3 is 12.1 Å². The standard InChI is InChI=1S/C13H15F3N2O3/c1-3-12(2,17)11(21)18-9-6-7(13(14,15)16)4-5-8(9)10(19)20/h4-6H,3,17H2,1-2H3,(H,18,21)(H,19,20). The van der Waals surface area contributed by atoms with E-state index in [1.807, 2.05) is 0 Å². The van der Waals surface area contributed by atoms with Crippen LogP contribution in [-0.2, 0) is 11.0 Å². The van der Waals surface area contributed by atoms with E-state index in [9.17, 15) is 22.8 Å². The SMILES string of the molecule is CCC(C)(N)C(=O)Nc1cc(C(F)(F)F)ccc1C(=O)O. The molecule has 0 bridgehead atoms. The second kappa shape index (κ2) is 5.72. The maximum atomic E-state index is 12.7. The molecule has 0 fully saturated rings. The van der Waals surface area contributed by atoms with Crippen molar-refractivity contribution in [3.8, 4) is 0 Å². The Bertz CT molecular complexity index is 568. The third-order valence-electron chi connectivity index (χ3n) is 3.08. The normalized spacial score (nSPS) is 14.4. The fraction of sp³-hybridized carbons (Fsp3) is 0.385. The van der Waals surface area contributed by atoms with Crippen LogP contribution in [-0.4, -0.2) is 22.5 Å². The minimum Gasteiger partial charge on any atom is -0.478 e. The van der Waals surface area contributed by atoms with E-state index < -0.39 is 40.4 Å². The number of rotatable bonds is 4. The highest BCUT2D eigenvalue weighted by atomic mass is 19.4. The molecule has 8 heteroatoms. The summed E-state index contributed by atoms with van der Waals surface area (Å²) in [5.74, 6) is -2.21. The third kappa shape index (κ3) is 3.94. The summed E-state index contributed by atoms with van der Waals surface area (Å²) in [7, 11) is 0. The first-order valence-corrected chi connectivity index (χ1v) is 6.04. The quantitative estimate of drug-likeness (QED) is 0.796. The number of alkyl halides is 3. The number of aromatic carboxylic acids is 1. The molecule has 4 N–H and O–H groups in total. The number of amides is 1. The van der Waals surface area contributed by atoms with Crippen LogP contribution in [0.15, 0.2) is 18.2 Å². The summed E-state index contributed by atoms with van der Waals surface area (Å²) in [6, 6.07) is 2.01. The molecule has 1 atom stereocenters. The Morgan fingerprint density at radius 2 is 1.90 bits per heavy atom. The zero-order valence-electron chi connectivity index (χ0n) is 11.4. The fourth-order valence-corrected chi connectivity index (χ4v) is 1.44. The number of hydrogen-bond donors (Lipinski definition) is 3. The summed E-state index contributed by atoms with van der Waals surface area (Å²) in [4.78, 5) is 22.9. The molecule has 1 unspecified atom stereocenters. The summed E-state index contributed by atoms with van der Waals surface area (Å²) in [6.45, 7) is 3.03. The molecule has 0 aromatic heterocycles. The van der Waals surface area contributed by atoms with Gasteiger partial charge in [-0.25, -0.2) is 4.79 Å². The van der Waals surface area contributed by atoms with Crippen LogP contribution in [0.2, 0.25) is 0 Å². The Labute approximate surface area is 118 Å². The minimum atomic E-state index is -4.65. The van der Waals surface area contributed by atoms with E-state index >= 15 is 0 Å². The molecule has 21 heavy (non-hydrogen) atoms. The molecule has 1 aromatic carbocycles. The van der Waals surface area contributed by atoms with Gasteiger partial charge in [0.05, 0.1) is 22.4 Å². The number of carboxylic acids is 1. The number of nitrogens with two attached hydrogens (primary N) is 1. The second-order valence-electron chi connectivity index (χ2n) is 4.79. The zero-order valence-corrected chi connectivity index (χ0v) is 11.4. The van der Waals surface area contributed by atoms with E-state index in [0.29, 0.717) is 12.1 Å². The van der Waals surface area contributed by atoms with Crippen LogP contribution in [0.5, 0.6) is 0 Å². The predicted octanol–water partition coefficient (Wildman–Crippen LogP) is 2.47. The summed E-state index contributed by atoms with van der Waals surface area (Å²) >= 11 is 0. The van der Waals surface area contributed by atoms with Crippen molar-refractivity contribution in [2.75, 3.05) is 5.32 Å². The monoisotopic (exact) mass is 304 g/mol. The molecule has 1 amide bonds. The molecule has 116 valence electrons. The van der Waals surface area contributed by atoms with E-state index in [1.54, 1.807) is 6.92 Å². The van der Waals surface area contributed by atoms with Crippen LogP contribution < -0.4 is 11.1 Å². The van der Waals surface area contributed by atoms with Crippen LogP contribution in [0.25, 0.3) is 0 Å². The summed E-state index contributed by atoms with van der Waals surface area (Å²) < 4.78 is 38.0. The van der Waals surface area contributed by atoms with Gasteiger partial charge in [-0.3, -0.25) is 4.79 Å². The number of hydrogen-bond acceptors (Lipinski definition) is 3. The molecule has 0 spiro atoms.